The van der Waals surface area contributed by atoms with E-state index in [2.05, 4.69) is 5.32 Å². The summed E-state index contributed by atoms with van der Waals surface area (Å²) < 4.78 is 43.1. The molecule has 2 amide bonds. The first kappa shape index (κ1) is 50.6. The largest absolute Gasteiger partial charge is 0.480 e. The maximum absolute atomic E-state index is 12.6. The van der Waals surface area contributed by atoms with Gasteiger partial charge in [0, 0.05) is 0 Å². The maximum Gasteiger partial charge on any atom is 0.408 e. The van der Waals surface area contributed by atoms with Crippen LogP contribution in [0.25, 0.3) is 0 Å². The number of ether oxygens (including phenoxy) is 8. The highest BCUT2D eigenvalue weighted by atomic mass is 16.8. The number of carboxylic acid groups (broad SMARTS) is 2. The average molecular weight is 895 g/mol. The van der Waals surface area contributed by atoms with Crippen molar-refractivity contribution in [3.05, 3.63) is 0 Å². The maximum atomic E-state index is 12.6. The van der Waals surface area contributed by atoms with Crippen LogP contribution in [-0.2, 0) is 52.3 Å². The van der Waals surface area contributed by atoms with Gasteiger partial charge in [0.2, 0.25) is 5.91 Å². The van der Waals surface area contributed by atoms with Crippen LogP contribution < -0.4 is 10.6 Å². The second-order valence-electron chi connectivity index (χ2n) is 15.6. The summed E-state index contributed by atoms with van der Waals surface area (Å²) in [7, 11) is 0. The molecule has 16 N–H and O–H groups in total. The molecule has 4 rings (SSSR count). The third-order valence-electron chi connectivity index (χ3n) is 10.1. The predicted molar refractivity (Wildman–Crippen MR) is 186 cm³/mol. The lowest BCUT2D eigenvalue weighted by Crippen LogP contribution is -2.78. The summed E-state index contributed by atoms with van der Waals surface area (Å²) >= 11 is 0. The number of carboxylic acids is 2. The third kappa shape index (κ3) is 11.4. The van der Waals surface area contributed by atoms with E-state index >= 15 is 0 Å². The Bertz CT molecular complexity index is 1500. The monoisotopic (exact) mass is 894 g/mol. The summed E-state index contributed by atoms with van der Waals surface area (Å²) in [6.45, 7) is 0.140. The number of alkyl carbamates (subject to hydrolysis) is 1. The van der Waals surface area contributed by atoms with E-state index in [0.717, 1.165) is 0 Å². The molecule has 4 heterocycles. The smallest absolute Gasteiger partial charge is 0.408 e. The second kappa shape index (κ2) is 20.6. The molecule has 4 aliphatic heterocycles. The van der Waals surface area contributed by atoms with Gasteiger partial charge in [-0.1, -0.05) is 0 Å². The lowest BCUT2D eigenvalue weighted by Gasteiger charge is -2.55. The Balaban J connectivity index is 1.48. The van der Waals surface area contributed by atoms with Crippen molar-refractivity contribution in [3.63, 3.8) is 0 Å². The van der Waals surface area contributed by atoms with Gasteiger partial charge in [-0.05, 0) is 20.8 Å². The van der Waals surface area contributed by atoms with E-state index in [-0.39, 0.29) is 0 Å². The summed E-state index contributed by atoms with van der Waals surface area (Å²) in [4.78, 5) is 47.7. The van der Waals surface area contributed by atoms with Crippen molar-refractivity contribution >= 4 is 23.9 Å². The van der Waals surface area contributed by atoms with Crippen LogP contribution in [0.5, 0.6) is 0 Å². The Kier molecular flexibility index (Phi) is 17.1. The normalized spacial score (nSPS) is 42.5. The molecule has 28 heteroatoms. The summed E-state index contributed by atoms with van der Waals surface area (Å²) in [5, 5.41) is 152. The third-order valence-corrected chi connectivity index (χ3v) is 10.1. The number of nitrogens with one attached hydrogen (secondary N) is 2. The van der Waals surface area contributed by atoms with Gasteiger partial charge in [0.1, 0.15) is 104 Å². The number of hydrogen-bond donors (Lipinski definition) is 16. The highest BCUT2D eigenvalue weighted by Crippen LogP contribution is 2.41. The van der Waals surface area contributed by atoms with E-state index in [1.165, 1.54) is 20.8 Å². The van der Waals surface area contributed by atoms with Gasteiger partial charge in [-0.3, -0.25) is 9.59 Å². The Hall–Kier alpha value is -3.08. The molecule has 0 aromatic carbocycles. The summed E-state index contributed by atoms with van der Waals surface area (Å²) in [5.74, 6) is -4.34. The van der Waals surface area contributed by atoms with Gasteiger partial charge in [0.25, 0.3) is 0 Å². The number of carbonyl (C=O) groups excluding carboxylic acids is 2. The summed E-state index contributed by atoms with van der Waals surface area (Å²) in [6.07, 6.45) is -39.6. The minimum atomic E-state index is -3.30. The fourth-order valence-corrected chi connectivity index (χ4v) is 6.86. The van der Waals surface area contributed by atoms with Crippen LogP contribution in [-0.4, -0.2) is 256 Å². The van der Waals surface area contributed by atoms with Gasteiger partial charge >= 0.3 is 18.0 Å². The van der Waals surface area contributed by atoms with Crippen molar-refractivity contribution in [1.29, 1.82) is 0 Å². The minimum Gasteiger partial charge on any atom is -0.480 e. The number of amides is 2. The summed E-state index contributed by atoms with van der Waals surface area (Å²) in [5.41, 5.74) is -4.31. The van der Waals surface area contributed by atoms with Crippen molar-refractivity contribution < 1.29 is 129 Å². The van der Waals surface area contributed by atoms with Crippen molar-refractivity contribution in [3.8, 4) is 0 Å². The number of aliphatic hydroxyl groups excluding tert-OH is 11. The molecule has 0 saturated carbocycles. The molecule has 61 heavy (non-hydrogen) atoms. The van der Waals surface area contributed by atoms with Gasteiger partial charge in [0.05, 0.1) is 26.4 Å². The highest BCUT2D eigenvalue weighted by Gasteiger charge is 2.66. The first-order chi connectivity index (χ1) is 28.4. The van der Waals surface area contributed by atoms with Gasteiger partial charge in [0.15, 0.2) is 30.6 Å². The lowest BCUT2D eigenvalue weighted by atomic mass is 9.74. The van der Waals surface area contributed by atoms with Crippen LogP contribution in [0.3, 0.4) is 0 Å². The first-order valence-electron chi connectivity index (χ1n) is 18.7. The second-order valence-corrected chi connectivity index (χ2v) is 15.6. The highest BCUT2D eigenvalue weighted by molar-refractivity contribution is 5.88. The fourth-order valence-electron chi connectivity index (χ4n) is 6.86. The topological polar surface area (TPSA) is 449 Å². The van der Waals surface area contributed by atoms with Crippen molar-refractivity contribution in [1.82, 2.24) is 10.6 Å². The predicted octanol–water partition coefficient (Wildman–Crippen LogP) is -9.51. The zero-order valence-corrected chi connectivity index (χ0v) is 32.7. The van der Waals surface area contributed by atoms with Crippen LogP contribution >= 0.6 is 0 Å². The molecular weight excluding hydrogens is 840 g/mol. The van der Waals surface area contributed by atoms with Crippen LogP contribution in [0, 0.1) is 0 Å². The van der Waals surface area contributed by atoms with E-state index in [4.69, 9.17) is 43.0 Å². The van der Waals surface area contributed by atoms with Crippen LogP contribution in [0.1, 0.15) is 20.8 Å². The Labute approximate surface area is 344 Å². The lowest BCUT2D eigenvalue weighted by molar-refractivity contribution is -0.398. The molecule has 28 nitrogen and oxygen atoms in total. The van der Waals surface area contributed by atoms with Gasteiger partial charge in [-0.15, -0.1) is 0 Å². The Morgan fingerprint density at radius 2 is 1.36 bits per heavy atom. The zero-order valence-electron chi connectivity index (χ0n) is 32.7. The number of rotatable bonds is 15. The molecule has 0 aromatic heterocycles. The molecule has 0 radical (unpaired) electrons. The van der Waals surface area contributed by atoms with E-state index in [1.54, 1.807) is 0 Å². The number of hydrogen-bond acceptors (Lipinski definition) is 24. The molecule has 0 unspecified atom stereocenters. The zero-order chi connectivity index (χ0) is 45.9. The molecule has 4 saturated heterocycles. The SMILES string of the molecule is CC(C)(C)OC(=O)N[C@@H](CO[C@@H]1OC[C@@H](O[C@@H]2O[C@H](CO)[C@H](O)[C@H](O[C@@H]3O[C@H](CO)[C@H](O)[C@@](O)([C@@H]4O[C@H](C(=O)O)[C@@H](O)[C@H](O)[C@H]4O)[C@H]3O)[C@H]2O)[C@H](O)[C@H]1O)C(=O)NCC(=O)O. The Morgan fingerprint density at radius 1 is 0.738 bits per heavy atom. The quantitative estimate of drug-likeness (QED) is 0.0726. The summed E-state index contributed by atoms with van der Waals surface area (Å²) in [6, 6.07) is -1.61. The van der Waals surface area contributed by atoms with Crippen molar-refractivity contribution in [2.24, 2.45) is 0 Å². The molecule has 0 spiro atoms. The number of aliphatic hydroxyl groups is 12. The molecule has 0 aliphatic carbocycles. The van der Waals surface area contributed by atoms with E-state index in [0.29, 0.717) is 0 Å². The van der Waals surface area contributed by atoms with Crippen molar-refractivity contribution in [2.45, 2.75) is 148 Å². The molecule has 0 bridgehead atoms. The molecule has 352 valence electrons. The molecular formula is C33H54N2O26. The van der Waals surface area contributed by atoms with Gasteiger partial charge in [-0.2, -0.15) is 0 Å². The number of carbonyl (C=O) groups is 4. The molecule has 4 fully saturated rings. The van der Waals surface area contributed by atoms with Gasteiger partial charge in [-0.25, -0.2) is 9.59 Å². The molecule has 0 aromatic rings. The van der Waals surface area contributed by atoms with E-state index in [9.17, 15) is 85.6 Å². The van der Waals surface area contributed by atoms with E-state index < -0.39 is 185 Å². The van der Waals surface area contributed by atoms with Crippen LogP contribution in [0.15, 0.2) is 0 Å². The van der Waals surface area contributed by atoms with Crippen molar-refractivity contribution in [2.75, 3.05) is 33.0 Å². The molecule has 4 aliphatic rings. The van der Waals surface area contributed by atoms with Crippen LogP contribution in [0.4, 0.5) is 4.79 Å². The van der Waals surface area contributed by atoms with E-state index in [1.807, 2.05) is 5.32 Å². The van der Waals surface area contributed by atoms with Crippen LogP contribution in [0.2, 0.25) is 0 Å². The molecule has 20 atom stereocenters. The standard InChI is InChI=1S/C33H54N2O26/c1-32(2,3)61-31(52)35-9(26(49)34-4-13(38)39)7-54-28-19(45)14(40)12(8-55-28)58-29-20(46)21(15(41)10(5-36)56-29)60-30-24(48)33(53,23(47)11(6-37)57-30)25-18(44)16(42)17(43)22(59-25)27(50)51/h9-12,14-25,28-30,36-37,40-48,53H,4-8H2,1-3H3,(H,34,49)(H,35,52)(H,38,39)(H,50,51)/t9-,10+,11+,12+,14-,15-,16-,17-,18+,19+,20+,21-,22-,23-,24-,25+,28+,29-,30-,33-/m0/s1. The Morgan fingerprint density at radius 3 is 1.93 bits per heavy atom. The fraction of sp³-hybridized carbons (Fsp3) is 0.879. The average Bonchev–Trinajstić information content (AvgIpc) is 3.18. The van der Waals surface area contributed by atoms with Gasteiger partial charge < -0.3 is 120 Å². The minimum absolute atomic E-state index is 0.669. The first-order valence-corrected chi connectivity index (χ1v) is 18.7. The number of aliphatic carboxylic acids is 2.